The van der Waals surface area contributed by atoms with Gasteiger partial charge in [0.25, 0.3) is 11.5 Å². The molecule has 0 saturated heterocycles. The van der Waals surface area contributed by atoms with E-state index in [4.69, 9.17) is 0 Å². The monoisotopic (exact) mass is 400 g/mol. The lowest BCUT2D eigenvalue weighted by molar-refractivity contribution is 0.101. The number of nitrogens with one attached hydrogen (secondary N) is 1. The fraction of sp³-hybridized carbons (Fsp3) is 0.208. The molecule has 4 rings (SSSR count). The van der Waals surface area contributed by atoms with Crippen LogP contribution in [0.5, 0.6) is 0 Å². The molecule has 1 aromatic carbocycles. The summed E-state index contributed by atoms with van der Waals surface area (Å²) in [6.07, 6.45) is 1.78. The number of fused-ring (bicyclic) bond motifs is 1. The minimum Gasteiger partial charge on any atom is -0.344 e. The smallest absolute Gasteiger partial charge is 0.272 e. The number of aryl methyl sites for hydroxylation is 4. The summed E-state index contributed by atoms with van der Waals surface area (Å²) in [4.78, 5) is 30.2. The zero-order valence-corrected chi connectivity index (χ0v) is 17.8. The summed E-state index contributed by atoms with van der Waals surface area (Å²) < 4.78 is 3.50. The molecule has 0 bridgehead atoms. The van der Waals surface area contributed by atoms with E-state index in [0.717, 1.165) is 33.4 Å². The first-order chi connectivity index (χ1) is 14.3. The predicted molar refractivity (Wildman–Crippen MR) is 120 cm³/mol. The largest absolute Gasteiger partial charge is 0.344 e. The molecule has 1 amide bonds. The number of hydrogen-bond acceptors (Lipinski definition) is 3. The topological polar surface area (TPSA) is 68.9 Å². The van der Waals surface area contributed by atoms with Gasteiger partial charge in [-0.25, -0.2) is 0 Å². The molecule has 3 heterocycles. The predicted octanol–water partition coefficient (Wildman–Crippen LogP) is 4.12. The third-order valence-corrected chi connectivity index (χ3v) is 5.64. The van der Waals surface area contributed by atoms with Crippen molar-refractivity contribution < 1.29 is 4.79 Å². The molecule has 6 heteroatoms. The number of carbonyl (C=O) groups excluding carboxylic acids is 1. The molecular weight excluding hydrogens is 376 g/mol. The van der Waals surface area contributed by atoms with E-state index in [0.29, 0.717) is 16.9 Å². The molecule has 6 nitrogen and oxygen atoms in total. The first-order valence-electron chi connectivity index (χ1n) is 9.77. The molecule has 0 aliphatic heterocycles. The van der Waals surface area contributed by atoms with Crippen LogP contribution in [0.25, 0.3) is 22.0 Å². The van der Waals surface area contributed by atoms with E-state index in [1.54, 1.807) is 23.9 Å². The Morgan fingerprint density at radius 2 is 1.70 bits per heavy atom. The molecule has 1 N–H and O–H groups in total. The zero-order chi connectivity index (χ0) is 21.6. The van der Waals surface area contributed by atoms with Crippen LogP contribution >= 0.6 is 0 Å². The first-order valence-corrected chi connectivity index (χ1v) is 9.77. The van der Waals surface area contributed by atoms with Gasteiger partial charge in [-0.2, -0.15) is 0 Å². The van der Waals surface area contributed by atoms with Gasteiger partial charge in [0.05, 0.1) is 5.52 Å². The summed E-state index contributed by atoms with van der Waals surface area (Å²) >= 11 is 0. The van der Waals surface area contributed by atoms with Crippen molar-refractivity contribution in [3.05, 3.63) is 81.7 Å². The molecule has 0 aliphatic rings. The van der Waals surface area contributed by atoms with Crippen molar-refractivity contribution in [3.63, 3.8) is 0 Å². The molecule has 3 aromatic heterocycles. The maximum Gasteiger partial charge on any atom is 0.272 e. The molecule has 0 saturated carbocycles. The van der Waals surface area contributed by atoms with Crippen LogP contribution in [0, 0.1) is 20.8 Å². The number of carbonyl (C=O) groups is 1. The number of rotatable bonds is 3. The second kappa shape index (κ2) is 7.30. The lowest BCUT2D eigenvalue weighted by atomic mass is 9.99. The molecule has 0 atom stereocenters. The number of pyridine rings is 2. The van der Waals surface area contributed by atoms with E-state index < -0.39 is 0 Å². The van der Waals surface area contributed by atoms with Gasteiger partial charge in [0.2, 0.25) is 0 Å². The maximum atomic E-state index is 13.1. The Bertz CT molecular complexity index is 1360. The molecule has 0 aliphatic carbocycles. The highest BCUT2D eigenvalue weighted by Gasteiger charge is 2.15. The van der Waals surface area contributed by atoms with Crippen molar-refractivity contribution >= 4 is 22.5 Å². The normalized spacial score (nSPS) is 11.1. The molecule has 0 fully saturated rings. The van der Waals surface area contributed by atoms with E-state index >= 15 is 0 Å². The fourth-order valence-electron chi connectivity index (χ4n) is 3.68. The Labute approximate surface area is 174 Å². The number of nitrogens with zero attached hydrogens (tertiary/aromatic N) is 3. The highest BCUT2D eigenvalue weighted by molar-refractivity contribution is 6.03. The minimum atomic E-state index is -0.188. The van der Waals surface area contributed by atoms with Gasteiger partial charge in [0, 0.05) is 48.3 Å². The third-order valence-electron chi connectivity index (χ3n) is 5.64. The van der Waals surface area contributed by atoms with Gasteiger partial charge in [0.15, 0.2) is 0 Å². The van der Waals surface area contributed by atoms with Gasteiger partial charge >= 0.3 is 0 Å². The van der Waals surface area contributed by atoms with Crippen molar-refractivity contribution in [1.82, 2.24) is 14.1 Å². The van der Waals surface area contributed by atoms with Gasteiger partial charge in [-0.15, -0.1) is 0 Å². The van der Waals surface area contributed by atoms with Gasteiger partial charge in [-0.1, -0.05) is 6.07 Å². The SMILES string of the molecule is Cc1cc2c(cn1)cc(-c1cc(NC(=O)c3ccc(C)n3C)ccc1C)c(=O)n2C. The van der Waals surface area contributed by atoms with Crippen molar-refractivity contribution in [1.29, 1.82) is 0 Å². The highest BCUT2D eigenvalue weighted by atomic mass is 16.2. The van der Waals surface area contributed by atoms with Crippen molar-refractivity contribution in [3.8, 4) is 11.1 Å². The number of benzene rings is 1. The molecule has 30 heavy (non-hydrogen) atoms. The molecule has 4 aromatic rings. The Kier molecular flexibility index (Phi) is 4.78. The lowest BCUT2D eigenvalue weighted by Crippen LogP contribution is -2.20. The average Bonchev–Trinajstić information content (AvgIpc) is 3.05. The van der Waals surface area contributed by atoms with Crippen LogP contribution in [0.15, 0.2) is 53.5 Å². The van der Waals surface area contributed by atoms with Crippen LogP contribution in [0.2, 0.25) is 0 Å². The van der Waals surface area contributed by atoms with Crippen LogP contribution in [-0.2, 0) is 14.1 Å². The number of hydrogen-bond donors (Lipinski definition) is 1. The van der Waals surface area contributed by atoms with Crippen molar-refractivity contribution in [2.24, 2.45) is 14.1 Å². The van der Waals surface area contributed by atoms with Gasteiger partial charge in [-0.05, 0) is 68.3 Å². The Morgan fingerprint density at radius 1 is 0.933 bits per heavy atom. The van der Waals surface area contributed by atoms with E-state index in [1.807, 2.05) is 68.8 Å². The Morgan fingerprint density at radius 3 is 2.40 bits per heavy atom. The summed E-state index contributed by atoms with van der Waals surface area (Å²) in [7, 11) is 3.63. The molecule has 0 radical (unpaired) electrons. The van der Waals surface area contributed by atoms with Crippen LogP contribution < -0.4 is 10.9 Å². The second-order valence-corrected chi connectivity index (χ2v) is 7.71. The molecule has 0 unspecified atom stereocenters. The van der Waals surface area contributed by atoms with Crippen LogP contribution in [0.4, 0.5) is 5.69 Å². The Balaban J connectivity index is 1.78. The van der Waals surface area contributed by atoms with Crippen molar-refractivity contribution in [2.75, 3.05) is 5.32 Å². The van der Waals surface area contributed by atoms with Crippen molar-refractivity contribution in [2.45, 2.75) is 20.8 Å². The Hall–Kier alpha value is -3.67. The molecule has 152 valence electrons. The van der Waals surface area contributed by atoms with Crippen LogP contribution in [-0.4, -0.2) is 20.0 Å². The lowest BCUT2D eigenvalue weighted by Gasteiger charge is -2.13. The van der Waals surface area contributed by atoms with E-state index in [1.165, 1.54) is 0 Å². The van der Waals surface area contributed by atoms with Gasteiger partial charge < -0.3 is 14.5 Å². The summed E-state index contributed by atoms with van der Waals surface area (Å²) in [5.41, 5.74) is 6.18. The molecule has 0 spiro atoms. The number of aromatic nitrogens is 3. The van der Waals surface area contributed by atoms with Crippen LogP contribution in [0.3, 0.4) is 0 Å². The summed E-state index contributed by atoms with van der Waals surface area (Å²) in [5.74, 6) is -0.188. The quantitative estimate of drug-likeness (QED) is 0.563. The van der Waals surface area contributed by atoms with E-state index in [2.05, 4.69) is 10.3 Å². The summed E-state index contributed by atoms with van der Waals surface area (Å²) in [6.45, 7) is 5.81. The van der Waals surface area contributed by atoms with E-state index in [-0.39, 0.29) is 11.5 Å². The first kappa shape index (κ1) is 19.6. The van der Waals surface area contributed by atoms with Gasteiger partial charge in [-0.3, -0.25) is 14.6 Å². The average molecular weight is 400 g/mol. The number of amides is 1. The van der Waals surface area contributed by atoms with E-state index in [9.17, 15) is 9.59 Å². The summed E-state index contributed by atoms with van der Waals surface area (Å²) in [5, 5.41) is 3.84. The summed E-state index contributed by atoms with van der Waals surface area (Å²) in [6, 6.07) is 13.1. The minimum absolute atomic E-state index is 0.0854. The molecular formula is C24H24N4O2. The zero-order valence-electron chi connectivity index (χ0n) is 17.8. The number of anilines is 1. The van der Waals surface area contributed by atoms with Gasteiger partial charge in [0.1, 0.15) is 5.69 Å². The fourth-order valence-corrected chi connectivity index (χ4v) is 3.68. The second-order valence-electron chi connectivity index (χ2n) is 7.71. The highest BCUT2D eigenvalue weighted by Crippen LogP contribution is 2.27. The van der Waals surface area contributed by atoms with Crippen LogP contribution in [0.1, 0.15) is 27.4 Å². The maximum absolute atomic E-state index is 13.1. The standard InChI is InChI=1S/C24H24N4O2/c1-14-6-8-18(26-23(29)21-9-7-16(3)27(21)4)12-19(14)20-11-17-13-25-15(2)10-22(17)28(5)24(20)30/h6-13H,1-5H3,(H,26,29). The third kappa shape index (κ3) is 3.30.